The van der Waals surface area contributed by atoms with Gasteiger partial charge in [0.1, 0.15) is 10.7 Å². The first-order valence-corrected chi connectivity index (χ1v) is 9.46. The number of ether oxygens (including phenoxy) is 1. The number of urea groups is 1. The first-order valence-electron chi connectivity index (χ1n) is 8.64. The number of hydrogen-bond acceptors (Lipinski definition) is 5. The van der Waals surface area contributed by atoms with E-state index in [-0.39, 0.29) is 11.9 Å². The molecular formula is C19H19FN2O4S. The molecule has 3 rings (SSSR count). The normalized spacial score (nSPS) is 14.0. The summed E-state index contributed by atoms with van der Waals surface area (Å²) in [6.45, 7) is -0.541. The van der Waals surface area contributed by atoms with Gasteiger partial charge in [-0.25, -0.2) is 14.0 Å². The Morgan fingerprint density at radius 1 is 1.07 bits per heavy atom. The number of nitrogens with one attached hydrogen (secondary N) is 2. The van der Waals surface area contributed by atoms with Gasteiger partial charge in [-0.05, 0) is 42.7 Å². The van der Waals surface area contributed by atoms with Gasteiger partial charge in [0.25, 0.3) is 5.91 Å². The van der Waals surface area contributed by atoms with E-state index < -0.39 is 24.5 Å². The van der Waals surface area contributed by atoms with Crippen LogP contribution in [0.25, 0.3) is 10.4 Å². The summed E-state index contributed by atoms with van der Waals surface area (Å²) in [5.74, 6) is -1.67. The van der Waals surface area contributed by atoms with Crippen molar-refractivity contribution in [3.8, 4) is 10.4 Å². The number of benzene rings is 1. The molecular weight excluding hydrogens is 371 g/mol. The van der Waals surface area contributed by atoms with Crippen LogP contribution < -0.4 is 10.6 Å². The second-order valence-corrected chi connectivity index (χ2v) is 7.33. The number of thiophene rings is 1. The number of imide groups is 1. The summed E-state index contributed by atoms with van der Waals surface area (Å²) in [7, 11) is 0. The molecule has 1 aliphatic rings. The Hall–Kier alpha value is -2.74. The van der Waals surface area contributed by atoms with Crippen molar-refractivity contribution in [2.24, 2.45) is 0 Å². The Bertz CT molecular complexity index is 828. The molecule has 142 valence electrons. The standard InChI is InChI=1S/C19H19FN2O4S/c20-13-7-5-12(6-8-13)15-9-10-16(27-15)18(24)26-11-17(23)22-19(25)21-14-3-1-2-4-14/h5-10,14H,1-4,11H2,(H2,21,22,23,25). The van der Waals surface area contributed by atoms with E-state index in [9.17, 15) is 18.8 Å². The Labute approximate surface area is 159 Å². The van der Waals surface area contributed by atoms with Crippen LogP contribution in [0.5, 0.6) is 0 Å². The molecule has 0 bridgehead atoms. The molecule has 0 spiro atoms. The van der Waals surface area contributed by atoms with Gasteiger partial charge >= 0.3 is 12.0 Å². The number of esters is 1. The fourth-order valence-electron chi connectivity index (χ4n) is 2.87. The average Bonchev–Trinajstić information content (AvgIpc) is 3.32. The van der Waals surface area contributed by atoms with E-state index in [2.05, 4.69) is 10.6 Å². The van der Waals surface area contributed by atoms with E-state index >= 15 is 0 Å². The van der Waals surface area contributed by atoms with Crippen LogP contribution >= 0.6 is 11.3 Å². The lowest BCUT2D eigenvalue weighted by Gasteiger charge is -2.12. The molecule has 2 N–H and O–H groups in total. The summed E-state index contributed by atoms with van der Waals surface area (Å²) in [4.78, 5) is 36.6. The predicted octanol–water partition coefficient (Wildman–Crippen LogP) is 3.48. The van der Waals surface area contributed by atoms with E-state index in [1.165, 1.54) is 23.5 Å². The fourth-order valence-corrected chi connectivity index (χ4v) is 3.78. The molecule has 1 fully saturated rings. The van der Waals surface area contributed by atoms with Gasteiger partial charge in [-0.1, -0.05) is 25.0 Å². The molecule has 1 aromatic carbocycles. The Morgan fingerprint density at radius 2 is 1.78 bits per heavy atom. The van der Waals surface area contributed by atoms with Crippen LogP contribution in [0.3, 0.4) is 0 Å². The van der Waals surface area contributed by atoms with Crippen LogP contribution in [0, 0.1) is 5.82 Å². The number of hydrogen-bond donors (Lipinski definition) is 2. The minimum Gasteiger partial charge on any atom is -0.451 e. The maximum absolute atomic E-state index is 13.0. The van der Waals surface area contributed by atoms with E-state index in [0.29, 0.717) is 4.88 Å². The highest BCUT2D eigenvalue weighted by atomic mass is 32.1. The number of carbonyl (C=O) groups is 3. The predicted molar refractivity (Wildman–Crippen MR) is 98.9 cm³/mol. The minimum absolute atomic E-state index is 0.0938. The maximum atomic E-state index is 13.0. The molecule has 3 amide bonds. The molecule has 27 heavy (non-hydrogen) atoms. The van der Waals surface area contributed by atoms with Gasteiger partial charge in [0, 0.05) is 10.9 Å². The number of halogens is 1. The smallest absolute Gasteiger partial charge is 0.348 e. The van der Waals surface area contributed by atoms with Crippen molar-refractivity contribution in [2.75, 3.05) is 6.61 Å². The van der Waals surface area contributed by atoms with Crippen molar-refractivity contribution in [1.82, 2.24) is 10.6 Å². The lowest BCUT2D eigenvalue weighted by molar-refractivity contribution is -0.123. The first-order chi connectivity index (χ1) is 13.0. The van der Waals surface area contributed by atoms with Crippen molar-refractivity contribution in [3.05, 3.63) is 47.1 Å². The zero-order valence-electron chi connectivity index (χ0n) is 14.5. The number of amides is 3. The van der Waals surface area contributed by atoms with Gasteiger partial charge in [0.05, 0.1) is 0 Å². The molecule has 0 atom stereocenters. The average molecular weight is 390 g/mol. The quantitative estimate of drug-likeness (QED) is 0.766. The van der Waals surface area contributed by atoms with Gasteiger partial charge < -0.3 is 10.1 Å². The molecule has 0 unspecified atom stereocenters. The highest BCUT2D eigenvalue weighted by molar-refractivity contribution is 7.17. The second-order valence-electron chi connectivity index (χ2n) is 6.25. The summed E-state index contributed by atoms with van der Waals surface area (Å²) in [5.41, 5.74) is 0.779. The second kappa shape index (κ2) is 8.77. The third-order valence-corrected chi connectivity index (χ3v) is 5.33. The van der Waals surface area contributed by atoms with Gasteiger partial charge in [0.15, 0.2) is 6.61 Å². The van der Waals surface area contributed by atoms with Crippen molar-refractivity contribution in [2.45, 2.75) is 31.7 Å². The SMILES string of the molecule is O=C(COC(=O)c1ccc(-c2ccc(F)cc2)s1)NC(=O)NC1CCCC1. The zero-order chi connectivity index (χ0) is 19.2. The van der Waals surface area contributed by atoms with Crippen molar-refractivity contribution in [1.29, 1.82) is 0 Å². The van der Waals surface area contributed by atoms with Crippen LogP contribution in [-0.2, 0) is 9.53 Å². The molecule has 1 aliphatic carbocycles. The molecule has 2 aromatic rings. The summed E-state index contributed by atoms with van der Waals surface area (Å²) in [6.07, 6.45) is 3.95. The lowest BCUT2D eigenvalue weighted by atomic mass is 10.2. The van der Waals surface area contributed by atoms with E-state index in [1.807, 2.05) is 0 Å². The first kappa shape index (κ1) is 19.0. The van der Waals surface area contributed by atoms with Crippen LogP contribution in [0.15, 0.2) is 36.4 Å². The Balaban J connectivity index is 1.46. The zero-order valence-corrected chi connectivity index (χ0v) is 15.3. The van der Waals surface area contributed by atoms with Crippen LogP contribution in [0.4, 0.5) is 9.18 Å². The molecule has 6 nitrogen and oxygen atoms in total. The highest BCUT2D eigenvalue weighted by Gasteiger charge is 2.19. The summed E-state index contributed by atoms with van der Waals surface area (Å²) in [6, 6.07) is 8.75. The Morgan fingerprint density at radius 3 is 2.48 bits per heavy atom. The molecule has 0 radical (unpaired) electrons. The van der Waals surface area contributed by atoms with Gasteiger partial charge in [-0.3, -0.25) is 10.1 Å². The molecule has 1 heterocycles. The monoisotopic (exact) mass is 390 g/mol. The molecule has 8 heteroatoms. The number of carbonyl (C=O) groups excluding carboxylic acids is 3. The maximum Gasteiger partial charge on any atom is 0.348 e. The van der Waals surface area contributed by atoms with Crippen LogP contribution in [0.2, 0.25) is 0 Å². The van der Waals surface area contributed by atoms with Crippen molar-refractivity contribution < 1.29 is 23.5 Å². The third-order valence-electron chi connectivity index (χ3n) is 4.21. The van der Waals surface area contributed by atoms with Gasteiger partial charge in [0.2, 0.25) is 0 Å². The van der Waals surface area contributed by atoms with E-state index in [0.717, 1.165) is 36.1 Å². The summed E-state index contributed by atoms with van der Waals surface area (Å²) < 4.78 is 17.9. The topological polar surface area (TPSA) is 84.5 Å². The Kier molecular flexibility index (Phi) is 6.18. The summed E-state index contributed by atoms with van der Waals surface area (Å²) in [5, 5.41) is 4.87. The number of rotatable bonds is 5. The van der Waals surface area contributed by atoms with Crippen molar-refractivity contribution >= 4 is 29.2 Å². The lowest BCUT2D eigenvalue weighted by Crippen LogP contribution is -2.44. The minimum atomic E-state index is -0.686. The van der Waals surface area contributed by atoms with Gasteiger partial charge in [-0.15, -0.1) is 11.3 Å². The van der Waals surface area contributed by atoms with Crippen molar-refractivity contribution in [3.63, 3.8) is 0 Å². The third kappa shape index (κ3) is 5.37. The molecule has 0 aliphatic heterocycles. The molecule has 1 aromatic heterocycles. The highest BCUT2D eigenvalue weighted by Crippen LogP contribution is 2.28. The fraction of sp³-hybridized carbons (Fsp3) is 0.316. The van der Waals surface area contributed by atoms with Gasteiger partial charge in [-0.2, -0.15) is 0 Å². The molecule has 1 saturated carbocycles. The van der Waals surface area contributed by atoms with Crippen LogP contribution in [-0.4, -0.2) is 30.6 Å². The summed E-state index contributed by atoms with van der Waals surface area (Å²) >= 11 is 1.18. The van der Waals surface area contributed by atoms with E-state index in [4.69, 9.17) is 4.74 Å². The largest absolute Gasteiger partial charge is 0.451 e. The van der Waals surface area contributed by atoms with Crippen LogP contribution in [0.1, 0.15) is 35.4 Å². The molecule has 0 saturated heterocycles. The van der Waals surface area contributed by atoms with E-state index in [1.54, 1.807) is 24.3 Å².